The van der Waals surface area contributed by atoms with Gasteiger partial charge in [-0.3, -0.25) is 0 Å². The molecule has 1 aromatic heterocycles. The zero-order valence-electron chi connectivity index (χ0n) is 20.7. The fourth-order valence-corrected chi connectivity index (χ4v) is 5.51. The Bertz CT molecular complexity index is 1260. The highest BCUT2D eigenvalue weighted by Crippen LogP contribution is 2.38. The van der Waals surface area contributed by atoms with Gasteiger partial charge in [-0.05, 0) is 12.1 Å². The first-order chi connectivity index (χ1) is 18.0. The minimum atomic E-state index is -5.19. The molecule has 0 radical (unpaired) electrons. The number of carbonyl (C=O) groups is 1. The van der Waals surface area contributed by atoms with E-state index in [0.717, 1.165) is 71.1 Å². The summed E-state index contributed by atoms with van der Waals surface area (Å²) < 4.78 is 44.2. The SMILES string of the molecule is COCCN(CCOC)c1cc(Cl)c2nc3c(Cl)cc(N4CCNCC4)cc3[s+]c2c1.O=C([O-])C(F)(F)F. The molecule has 4 rings (SSSR count). The molecule has 8 nitrogen and oxygen atoms in total. The molecule has 1 fully saturated rings. The fourth-order valence-electron chi connectivity index (χ4n) is 3.78. The summed E-state index contributed by atoms with van der Waals surface area (Å²) in [6.45, 7) is 6.66. The van der Waals surface area contributed by atoms with Crippen LogP contribution in [0.15, 0.2) is 24.3 Å². The third-order valence-electron chi connectivity index (χ3n) is 5.68. The first kappa shape index (κ1) is 30.3. The van der Waals surface area contributed by atoms with E-state index in [4.69, 9.17) is 47.6 Å². The second-order valence-electron chi connectivity index (χ2n) is 8.26. The van der Waals surface area contributed by atoms with Crippen LogP contribution in [0.1, 0.15) is 0 Å². The number of aromatic nitrogens is 1. The van der Waals surface area contributed by atoms with Crippen molar-refractivity contribution in [3.63, 3.8) is 0 Å². The van der Waals surface area contributed by atoms with Crippen LogP contribution in [0.5, 0.6) is 0 Å². The van der Waals surface area contributed by atoms with E-state index in [-0.39, 0.29) is 0 Å². The predicted molar refractivity (Wildman–Crippen MR) is 144 cm³/mol. The zero-order valence-corrected chi connectivity index (χ0v) is 23.1. The number of hydrogen-bond donors (Lipinski definition) is 1. The average molecular weight is 595 g/mol. The van der Waals surface area contributed by atoms with Gasteiger partial charge in [-0.2, -0.15) is 13.2 Å². The topological polar surface area (TPSA) is 90.0 Å². The number of ether oxygens (including phenoxy) is 2. The summed E-state index contributed by atoms with van der Waals surface area (Å²) in [5, 5.41) is 13.5. The Hall–Kier alpha value is -2.22. The average Bonchev–Trinajstić information content (AvgIpc) is 2.88. The third kappa shape index (κ3) is 7.90. The molecular formula is C24H27Cl2F3N4O4S. The van der Waals surface area contributed by atoms with Crippen molar-refractivity contribution in [3.8, 4) is 0 Å². The van der Waals surface area contributed by atoms with Crippen molar-refractivity contribution in [2.45, 2.75) is 6.18 Å². The first-order valence-corrected chi connectivity index (χ1v) is 13.2. The van der Waals surface area contributed by atoms with Crippen molar-refractivity contribution < 1.29 is 32.5 Å². The number of alkyl halides is 3. The second kappa shape index (κ2) is 13.7. The Morgan fingerprint density at radius 2 is 1.58 bits per heavy atom. The lowest BCUT2D eigenvalue weighted by Crippen LogP contribution is -2.43. The highest BCUT2D eigenvalue weighted by atomic mass is 35.5. The van der Waals surface area contributed by atoms with Crippen LogP contribution >= 0.6 is 34.5 Å². The molecule has 1 aliphatic rings. The Kier molecular flexibility index (Phi) is 10.9. The monoisotopic (exact) mass is 594 g/mol. The van der Waals surface area contributed by atoms with E-state index in [1.807, 2.05) is 12.1 Å². The first-order valence-electron chi connectivity index (χ1n) is 11.6. The number of carboxylic acids is 1. The van der Waals surface area contributed by atoms with Crippen LogP contribution in [0.3, 0.4) is 0 Å². The highest BCUT2D eigenvalue weighted by molar-refractivity contribution is 7.24. The van der Waals surface area contributed by atoms with Crippen LogP contribution < -0.4 is 20.2 Å². The summed E-state index contributed by atoms with van der Waals surface area (Å²) in [5.74, 6) is -3.01. The molecule has 2 aromatic carbocycles. The van der Waals surface area contributed by atoms with E-state index < -0.39 is 12.1 Å². The smallest absolute Gasteiger partial charge is 0.430 e. The molecule has 0 bridgehead atoms. The zero-order chi connectivity index (χ0) is 27.9. The maximum Gasteiger partial charge on any atom is 0.430 e. The van der Waals surface area contributed by atoms with Crippen LogP contribution in [-0.4, -0.2) is 83.8 Å². The number of anilines is 2. The van der Waals surface area contributed by atoms with Crippen LogP contribution in [0.2, 0.25) is 10.0 Å². The second-order valence-corrected chi connectivity index (χ2v) is 10.2. The maximum absolute atomic E-state index is 10.5. The molecule has 0 spiro atoms. The molecule has 0 aliphatic carbocycles. The Balaban J connectivity index is 0.000000505. The number of methoxy groups -OCH3 is 2. The van der Waals surface area contributed by atoms with Crippen LogP contribution in [-0.2, 0) is 14.3 Å². The number of piperazine rings is 1. The fraction of sp³-hybridized carbons (Fsp3) is 0.458. The van der Waals surface area contributed by atoms with Crippen molar-refractivity contribution in [2.24, 2.45) is 0 Å². The minimum absolute atomic E-state index is 0.618. The summed E-state index contributed by atoms with van der Waals surface area (Å²) in [4.78, 5) is 18.2. The lowest BCUT2D eigenvalue weighted by atomic mass is 10.2. The molecule has 0 unspecified atom stereocenters. The standard InChI is InChI=1S/C22H27Cl2N4O2S.C2HF3O2/c1-29-9-7-28(8-10-30-2)16-12-18(24)22-20(14-16)31-19-13-15(11-17(23)21(19)26-22)27-5-3-25-4-6-27;3-2(4,5)1(6)7/h11-14,25H,3-10H2,1-2H3;(H,6,7)/q+1;/p-1. The summed E-state index contributed by atoms with van der Waals surface area (Å²) in [7, 11) is 3.42. The molecule has 2 heterocycles. The summed E-state index contributed by atoms with van der Waals surface area (Å²) >= 11 is 15.0. The van der Waals surface area contributed by atoms with Crippen molar-refractivity contribution in [2.75, 3.05) is 76.5 Å². The van der Waals surface area contributed by atoms with Gasteiger partial charge in [-0.1, -0.05) is 23.2 Å². The number of benzene rings is 2. The Morgan fingerprint density at radius 1 is 1.05 bits per heavy atom. The van der Waals surface area contributed by atoms with Gasteiger partial charge in [0.15, 0.2) is 0 Å². The van der Waals surface area contributed by atoms with E-state index in [2.05, 4.69) is 27.2 Å². The molecule has 3 aromatic rings. The number of nitrogens with zero attached hydrogens (tertiary/aromatic N) is 3. The Labute approximate surface area is 231 Å². The molecule has 0 saturated carbocycles. The molecule has 208 valence electrons. The quantitative estimate of drug-likeness (QED) is 0.311. The summed E-state index contributed by atoms with van der Waals surface area (Å²) in [6.07, 6.45) is -5.19. The molecule has 0 atom stereocenters. The highest BCUT2D eigenvalue weighted by Gasteiger charge is 2.29. The van der Waals surface area contributed by atoms with E-state index >= 15 is 0 Å². The van der Waals surface area contributed by atoms with E-state index in [9.17, 15) is 13.2 Å². The molecule has 1 saturated heterocycles. The maximum atomic E-state index is 10.5. The van der Waals surface area contributed by atoms with Crippen LogP contribution in [0, 0.1) is 0 Å². The van der Waals surface area contributed by atoms with E-state index in [0.29, 0.717) is 23.3 Å². The molecule has 14 heteroatoms. The van der Waals surface area contributed by atoms with Crippen molar-refractivity contribution in [3.05, 3.63) is 34.3 Å². The number of rotatable bonds is 8. The predicted octanol–water partition coefficient (Wildman–Crippen LogP) is 3.84. The van der Waals surface area contributed by atoms with Gasteiger partial charge >= 0.3 is 6.18 Å². The number of carbonyl (C=O) groups excluding carboxylic acids is 1. The van der Waals surface area contributed by atoms with Gasteiger partial charge in [-0.25, -0.2) is 4.98 Å². The van der Waals surface area contributed by atoms with E-state index in [1.54, 1.807) is 25.6 Å². The number of nitrogens with one attached hydrogen (secondary N) is 1. The van der Waals surface area contributed by atoms with Crippen molar-refractivity contribution >= 4 is 72.3 Å². The van der Waals surface area contributed by atoms with Gasteiger partial charge in [0, 0.05) is 77.0 Å². The summed E-state index contributed by atoms with van der Waals surface area (Å²) in [6, 6.07) is 8.32. The minimum Gasteiger partial charge on any atom is -0.542 e. The molecule has 1 N–H and O–H groups in total. The van der Waals surface area contributed by atoms with Gasteiger partial charge in [0.2, 0.25) is 11.3 Å². The van der Waals surface area contributed by atoms with Gasteiger partial charge < -0.3 is 34.5 Å². The van der Waals surface area contributed by atoms with Gasteiger partial charge in [0.1, 0.15) is 17.0 Å². The lowest BCUT2D eigenvalue weighted by Gasteiger charge is -2.29. The number of carboxylic acid groups (broad SMARTS) is 1. The molecular weight excluding hydrogens is 568 g/mol. The van der Waals surface area contributed by atoms with Crippen LogP contribution in [0.4, 0.5) is 24.5 Å². The summed E-state index contributed by atoms with van der Waals surface area (Å²) in [5.41, 5.74) is 3.75. The van der Waals surface area contributed by atoms with Crippen LogP contribution in [0.25, 0.3) is 20.4 Å². The molecule has 1 aliphatic heterocycles. The third-order valence-corrected chi connectivity index (χ3v) is 7.32. The largest absolute Gasteiger partial charge is 0.542 e. The number of aliphatic carboxylic acids is 1. The van der Waals surface area contributed by atoms with Crippen molar-refractivity contribution in [1.82, 2.24) is 10.3 Å². The van der Waals surface area contributed by atoms with E-state index in [1.165, 1.54) is 0 Å². The van der Waals surface area contributed by atoms with Gasteiger partial charge in [0.25, 0.3) is 9.40 Å². The molecule has 0 amide bonds. The number of halogens is 5. The van der Waals surface area contributed by atoms with Crippen molar-refractivity contribution in [1.29, 1.82) is 0 Å². The lowest BCUT2D eigenvalue weighted by molar-refractivity contribution is -0.344. The van der Waals surface area contributed by atoms with Gasteiger partial charge in [0.05, 0.1) is 23.3 Å². The Morgan fingerprint density at radius 3 is 2.11 bits per heavy atom. The van der Waals surface area contributed by atoms with Gasteiger partial charge in [-0.15, -0.1) is 0 Å². The number of hydrogen-bond acceptors (Lipinski definition) is 8. The molecule has 38 heavy (non-hydrogen) atoms. The number of fused-ring (bicyclic) bond motifs is 2. The normalized spacial score (nSPS) is 13.9.